The maximum absolute atomic E-state index is 6.29. The molecule has 0 aromatic carbocycles. The maximum Gasteiger partial charge on any atom is 0.162 e. The quantitative estimate of drug-likeness (QED) is 0.237. The molecule has 0 spiro atoms. The van der Waals surface area contributed by atoms with Gasteiger partial charge in [-0.1, -0.05) is 85.0 Å². The van der Waals surface area contributed by atoms with Crippen LogP contribution >= 0.6 is 0 Å². The van der Waals surface area contributed by atoms with E-state index in [1.54, 1.807) is 0 Å². The Kier molecular flexibility index (Phi) is 13.7. The monoisotopic (exact) mass is 398 g/mol. The van der Waals surface area contributed by atoms with E-state index >= 15 is 0 Å². The summed E-state index contributed by atoms with van der Waals surface area (Å²) in [4.78, 5) is 0. The van der Waals surface area contributed by atoms with Gasteiger partial charge in [-0.15, -0.1) is 0 Å². The first-order valence-corrected chi connectivity index (χ1v) is 12.3. The molecule has 168 valence electrons. The molecule has 1 aliphatic rings. The minimum atomic E-state index is -0.446. The van der Waals surface area contributed by atoms with E-state index in [0.717, 1.165) is 38.8 Å². The summed E-state index contributed by atoms with van der Waals surface area (Å²) in [5, 5.41) is 0. The Morgan fingerprint density at radius 1 is 0.750 bits per heavy atom. The molecule has 3 heteroatoms. The molecule has 1 rings (SSSR count). The van der Waals surface area contributed by atoms with Crippen molar-refractivity contribution in [1.29, 1.82) is 0 Å². The zero-order valence-electron chi connectivity index (χ0n) is 19.8. The third kappa shape index (κ3) is 11.2. The van der Waals surface area contributed by atoms with Crippen LogP contribution in [0, 0.1) is 11.3 Å². The lowest BCUT2D eigenvalue weighted by atomic mass is 9.87. The van der Waals surface area contributed by atoms with Gasteiger partial charge in [-0.05, 0) is 39.0 Å². The summed E-state index contributed by atoms with van der Waals surface area (Å²) in [5.74, 6) is 0.275. The molecular formula is C25H50O3. The first-order valence-electron chi connectivity index (χ1n) is 12.3. The van der Waals surface area contributed by atoms with Gasteiger partial charge in [0.05, 0.1) is 19.8 Å². The van der Waals surface area contributed by atoms with E-state index in [9.17, 15) is 0 Å². The summed E-state index contributed by atoms with van der Waals surface area (Å²) < 4.78 is 18.2. The van der Waals surface area contributed by atoms with Crippen LogP contribution in [0.3, 0.4) is 0 Å². The van der Waals surface area contributed by atoms with Gasteiger partial charge in [-0.3, -0.25) is 0 Å². The molecule has 1 aliphatic heterocycles. The van der Waals surface area contributed by atoms with Crippen molar-refractivity contribution < 1.29 is 14.2 Å². The van der Waals surface area contributed by atoms with Crippen molar-refractivity contribution in [2.24, 2.45) is 11.3 Å². The van der Waals surface area contributed by atoms with Crippen molar-refractivity contribution in [2.45, 2.75) is 124 Å². The summed E-state index contributed by atoms with van der Waals surface area (Å²) in [7, 11) is 0. The third-order valence-electron chi connectivity index (χ3n) is 6.40. The van der Waals surface area contributed by atoms with Crippen LogP contribution in [-0.4, -0.2) is 32.2 Å². The highest BCUT2D eigenvalue weighted by Crippen LogP contribution is 2.33. The Morgan fingerprint density at radius 2 is 1.25 bits per heavy atom. The van der Waals surface area contributed by atoms with Crippen LogP contribution in [0.15, 0.2) is 0 Å². The highest BCUT2D eigenvalue weighted by Gasteiger charge is 2.39. The molecule has 0 aliphatic carbocycles. The number of hydrogen-bond donors (Lipinski definition) is 0. The number of hydrogen-bond acceptors (Lipinski definition) is 3. The highest BCUT2D eigenvalue weighted by atomic mass is 16.7. The summed E-state index contributed by atoms with van der Waals surface area (Å²) in [6, 6.07) is 0. The molecule has 1 heterocycles. The van der Waals surface area contributed by atoms with Gasteiger partial charge in [0.15, 0.2) is 5.79 Å². The van der Waals surface area contributed by atoms with Crippen LogP contribution < -0.4 is 0 Å². The normalized spacial score (nSPS) is 19.6. The minimum Gasteiger partial charge on any atom is -0.380 e. The Morgan fingerprint density at radius 3 is 1.79 bits per heavy atom. The van der Waals surface area contributed by atoms with Crippen molar-refractivity contribution in [1.82, 2.24) is 0 Å². The molecule has 3 nitrogen and oxygen atoms in total. The van der Waals surface area contributed by atoms with Crippen molar-refractivity contribution >= 4 is 0 Å². The van der Waals surface area contributed by atoms with Crippen LogP contribution in [0.1, 0.15) is 118 Å². The fourth-order valence-corrected chi connectivity index (χ4v) is 3.95. The molecule has 1 unspecified atom stereocenters. The van der Waals surface area contributed by atoms with E-state index in [1.807, 2.05) is 13.8 Å². The summed E-state index contributed by atoms with van der Waals surface area (Å²) in [6.07, 6.45) is 17.4. The van der Waals surface area contributed by atoms with Gasteiger partial charge >= 0.3 is 0 Å². The van der Waals surface area contributed by atoms with Crippen molar-refractivity contribution in [2.75, 3.05) is 26.4 Å². The SMILES string of the molecule is CCCCCCCCC(CCCCCC)COCC1(CC)COC(C)(C)OC1. The molecule has 1 saturated heterocycles. The van der Waals surface area contributed by atoms with Crippen molar-refractivity contribution in [3.05, 3.63) is 0 Å². The van der Waals surface area contributed by atoms with Gasteiger partial charge in [0.2, 0.25) is 0 Å². The molecular weight excluding hydrogens is 348 g/mol. The smallest absolute Gasteiger partial charge is 0.162 e. The van der Waals surface area contributed by atoms with E-state index in [0.29, 0.717) is 0 Å². The van der Waals surface area contributed by atoms with Crippen LogP contribution in [0.25, 0.3) is 0 Å². The largest absolute Gasteiger partial charge is 0.380 e. The number of unbranched alkanes of at least 4 members (excludes halogenated alkanes) is 8. The van der Waals surface area contributed by atoms with Gasteiger partial charge < -0.3 is 14.2 Å². The standard InChI is InChI=1S/C25H50O3/c1-6-9-11-13-14-16-18-23(17-15-12-10-7-2)19-26-20-25(8-3)21-27-24(4,5)28-22-25/h23H,6-22H2,1-5H3. The van der Waals surface area contributed by atoms with Gasteiger partial charge in [0.25, 0.3) is 0 Å². The molecule has 0 radical (unpaired) electrons. The van der Waals surface area contributed by atoms with Gasteiger partial charge in [-0.25, -0.2) is 0 Å². The van der Waals surface area contributed by atoms with Crippen LogP contribution in [0.5, 0.6) is 0 Å². The van der Waals surface area contributed by atoms with Crippen LogP contribution in [-0.2, 0) is 14.2 Å². The topological polar surface area (TPSA) is 27.7 Å². The van der Waals surface area contributed by atoms with Crippen molar-refractivity contribution in [3.63, 3.8) is 0 Å². The highest BCUT2D eigenvalue weighted by molar-refractivity contribution is 4.82. The predicted molar refractivity (Wildman–Crippen MR) is 120 cm³/mol. The molecule has 0 N–H and O–H groups in total. The number of ether oxygens (including phenoxy) is 3. The van der Waals surface area contributed by atoms with E-state index < -0.39 is 5.79 Å². The zero-order valence-corrected chi connectivity index (χ0v) is 19.8. The predicted octanol–water partition coefficient (Wildman–Crippen LogP) is 7.52. The lowest BCUT2D eigenvalue weighted by molar-refractivity contribution is -0.292. The van der Waals surface area contributed by atoms with Gasteiger partial charge in [0.1, 0.15) is 0 Å². The molecule has 0 bridgehead atoms. The molecule has 1 fully saturated rings. The zero-order chi connectivity index (χ0) is 20.7. The Hall–Kier alpha value is -0.120. The molecule has 0 aromatic heterocycles. The fraction of sp³-hybridized carbons (Fsp3) is 1.00. The second-order valence-corrected chi connectivity index (χ2v) is 9.62. The van der Waals surface area contributed by atoms with E-state index in [2.05, 4.69) is 20.8 Å². The van der Waals surface area contributed by atoms with Gasteiger partial charge in [-0.2, -0.15) is 0 Å². The molecule has 0 aromatic rings. The van der Waals surface area contributed by atoms with Crippen LogP contribution in [0.4, 0.5) is 0 Å². The van der Waals surface area contributed by atoms with E-state index in [-0.39, 0.29) is 5.41 Å². The second-order valence-electron chi connectivity index (χ2n) is 9.62. The lowest BCUT2D eigenvalue weighted by Gasteiger charge is -2.43. The lowest BCUT2D eigenvalue weighted by Crippen LogP contribution is -2.48. The average molecular weight is 399 g/mol. The van der Waals surface area contributed by atoms with E-state index in [1.165, 1.54) is 77.0 Å². The Balaban J connectivity index is 2.35. The minimum absolute atomic E-state index is 0.0302. The Labute approximate surface area is 176 Å². The summed E-state index contributed by atoms with van der Waals surface area (Å²) in [6.45, 7) is 14.0. The molecule has 0 amide bonds. The number of rotatable bonds is 17. The maximum atomic E-state index is 6.29. The third-order valence-corrected chi connectivity index (χ3v) is 6.40. The fourth-order valence-electron chi connectivity index (χ4n) is 3.95. The van der Waals surface area contributed by atoms with E-state index in [4.69, 9.17) is 14.2 Å². The first-order chi connectivity index (χ1) is 13.5. The average Bonchev–Trinajstić information content (AvgIpc) is 2.69. The second kappa shape index (κ2) is 14.8. The van der Waals surface area contributed by atoms with Crippen LogP contribution in [0.2, 0.25) is 0 Å². The molecule has 28 heavy (non-hydrogen) atoms. The molecule has 1 atom stereocenters. The summed E-state index contributed by atoms with van der Waals surface area (Å²) in [5.41, 5.74) is 0.0302. The Bertz CT molecular complexity index is 357. The summed E-state index contributed by atoms with van der Waals surface area (Å²) >= 11 is 0. The first kappa shape index (κ1) is 25.9. The molecule has 0 saturated carbocycles. The van der Waals surface area contributed by atoms with Gasteiger partial charge in [0, 0.05) is 12.0 Å². The van der Waals surface area contributed by atoms with Crippen molar-refractivity contribution in [3.8, 4) is 0 Å².